The van der Waals surface area contributed by atoms with Crippen LogP contribution in [0, 0.1) is 13.8 Å². The third-order valence-electron chi connectivity index (χ3n) is 3.31. The van der Waals surface area contributed by atoms with Gasteiger partial charge in [0, 0.05) is 9.90 Å². The molecule has 1 nitrogen and oxygen atoms in total. The first-order valence-corrected chi connectivity index (χ1v) is 8.35. The summed E-state index contributed by atoms with van der Waals surface area (Å²) in [5, 5.41) is 4.38. The molecule has 1 N–H and O–H groups in total. The van der Waals surface area contributed by atoms with Crippen LogP contribution in [0.25, 0.3) is 0 Å². The van der Waals surface area contributed by atoms with Crippen molar-refractivity contribution in [1.29, 1.82) is 0 Å². The average Bonchev–Trinajstić information content (AvgIpc) is 2.74. The van der Waals surface area contributed by atoms with Gasteiger partial charge in [-0.15, -0.1) is 11.3 Å². The molecule has 108 valence electrons. The van der Waals surface area contributed by atoms with E-state index in [-0.39, 0.29) is 6.04 Å². The van der Waals surface area contributed by atoms with E-state index in [4.69, 9.17) is 23.2 Å². The van der Waals surface area contributed by atoms with E-state index in [1.807, 2.05) is 19.1 Å². The van der Waals surface area contributed by atoms with Gasteiger partial charge in [0.1, 0.15) is 0 Å². The van der Waals surface area contributed by atoms with Gasteiger partial charge in [-0.1, -0.05) is 36.2 Å². The summed E-state index contributed by atoms with van der Waals surface area (Å²) in [4.78, 5) is 1.24. The Hall–Kier alpha value is -0.540. The largest absolute Gasteiger partial charge is 0.306 e. The summed E-state index contributed by atoms with van der Waals surface area (Å²) in [6.07, 6.45) is 1.09. The lowest BCUT2D eigenvalue weighted by molar-refractivity contribution is 0.603. The number of hydrogen-bond donors (Lipinski definition) is 1. The lowest BCUT2D eigenvalue weighted by atomic mass is 9.99. The molecule has 0 spiro atoms. The lowest BCUT2D eigenvalue weighted by Crippen LogP contribution is -2.23. The monoisotopic (exact) mass is 327 g/mol. The van der Waals surface area contributed by atoms with Gasteiger partial charge in [-0.2, -0.15) is 0 Å². The van der Waals surface area contributed by atoms with E-state index in [0.717, 1.165) is 27.9 Å². The van der Waals surface area contributed by atoms with Crippen LogP contribution in [0.5, 0.6) is 0 Å². The van der Waals surface area contributed by atoms with Crippen LogP contribution in [0.3, 0.4) is 0 Å². The van der Waals surface area contributed by atoms with E-state index in [1.165, 1.54) is 16.0 Å². The fraction of sp³-hybridized carbons (Fsp3) is 0.375. The molecule has 1 aromatic heterocycles. The van der Waals surface area contributed by atoms with E-state index < -0.39 is 0 Å². The van der Waals surface area contributed by atoms with Crippen molar-refractivity contribution in [3.8, 4) is 0 Å². The summed E-state index contributed by atoms with van der Waals surface area (Å²) in [7, 11) is 0. The molecule has 0 aliphatic carbocycles. The number of thiophene rings is 1. The highest BCUT2D eigenvalue weighted by Crippen LogP contribution is 2.35. The Morgan fingerprint density at radius 3 is 2.50 bits per heavy atom. The van der Waals surface area contributed by atoms with Gasteiger partial charge in [0.2, 0.25) is 0 Å². The summed E-state index contributed by atoms with van der Waals surface area (Å²) < 4.78 is 0.864. The zero-order chi connectivity index (χ0) is 14.7. The van der Waals surface area contributed by atoms with Crippen molar-refractivity contribution in [2.24, 2.45) is 0 Å². The Balaban J connectivity index is 2.43. The molecular weight excluding hydrogens is 309 g/mol. The third-order valence-corrected chi connectivity index (χ3v) is 5.17. The molecule has 0 aliphatic heterocycles. The molecule has 0 bridgehead atoms. The minimum absolute atomic E-state index is 0.157. The molecule has 0 fully saturated rings. The van der Waals surface area contributed by atoms with Crippen LogP contribution in [-0.2, 0) is 0 Å². The molecule has 1 aromatic carbocycles. The predicted octanol–water partition coefficient (Wildman–Crippen LogP) is 5.76. The molecule has 1 heterocycles. The standard InChI is InChI=1S/C16H19Cl2NS/c1-4-7-19-15(14-8-11(3)16(18)20-14)13-9-12(17)6-5-10(13)2/h5-6,8-9,15,19H,4,7H2,1-3H3. The molecule has 0 aliphatic rings. The summed E-state index contributed by atoms with van der Waals surface area (Å²) in [6, 6.07) is 8.38. The predicted molar refractivity (Wildman–Crippen MR) is 90.4 cm³/mol. The van der Waals surface area contributed by atoms with Crippen LogP contribution in [0.1, 0.15) is 41.0 Å². The molecule has 2 rings (SSSR count). The van der Waals surface area contributed by atoms with Gasteiger partial charge in [0.05, 0.1) is 10.4 Å². The minimum atomic E-state index is 0.157. The van der Waals surface area contributed by atoms with Gasteiger partial charge < -0.3 is 5.32 Å². The number of benzene rings is 1. The molecule has 2 aromatic rings. The van der Waals surface area contributed by atoms with E-state index in [0.29, 0.717) is 0 Å². The first kappa shape index (κ1) is 15.8. The molecule has 4 heteroatoms. The zero-order valence-corrected chi connectivity index (χ0v) is 14.3. The molecule has 0 amide bonds. The average molecular weight is 328 g/mol. The fourth-order valence-electron chi connectivity index (χ4n) is 2.20. The summed E-state index contributed by atoms with van der Waals surface area (Å²) in [6.45, 7) is 7.30. The van der Waals surface area contributed by atoms with Crippen LogP contribution < -0.4 is 5.32 Å². The van der Waals surface area contributed by atoms with Crippen molar-refractivity contribution >= 4 is 34.5 Å². The number of nitrogens with one attached hydrogen (secondary N) is 1. The van der Waals surface area contributed by atoms with E-state index in [1.54, 1.807) is 11.3 Å². The summed E-state index contributed by atoms with van der Waals surface area (Å²) >= 11 is 14.0. The molecule has 1 unspecified atom stereocenters. The maximum Gasteiger partial charge on any atom is 0.0961 e. The second-order valence-electron chi connectivity index (χ2n) is 4.99. The number of hydrogen-bond acceptors (Lipinski definition) is 2. The van der Waals surface area contributed by atoms with Gasteiger partial charge in [-0.3, -0.25) is 0 Å². The Kier molecular flexibility index (Phi) is 5.50. The Bertz CT molecular complexity index is 573. The smallest absolute Gasteiger partial charge is 0.0961 e. The second kappa shape index (κ2) is 6.95. The lowest BCUT2D eigenvalue weighted by Gasteiger charge is -2.20. The molecule has 20 heavy (non-hydrogen) atoms. The highest BCUT2D eigenvalue weighted by atomic mass is 35.5. The summed E-state index contributed by atoms with van der Waals surface area (Å²) in [5.74, 6) is 0. The van der Waals surface area contributed by atoms with Crippen LogP contribution in [0.4, 0.5) is 0 Å². The third kappa shape index (κ3) is 3.56. The minimum Gasteiger partial charge on any atom is -0.306 e. The fourth-order valence-corrected chi connectivity index (χ4v) is 3.69. The Labute approximate surface area is 134 Å². The first-order chi connectivity index (χ1) is 9.52. The maximum absolute atomic E-state index is 6.23. The first-order valence-electron chi connectivity index (χ1n) is 6.78. The van der Waals surface area contributed by atoms with Crippen LogP contribution in [0.15, 0.2) is 24.3 Å². The van der Waals surface area contributed by atoms with Crippen LogP contribution >= 0.6 is 34.5 Å². The Morgan fingerprint density at radius 1 is 1.15 bits per heavy atom. The topological polar surface area (TPSA) is 12.0 Å². The molecule has 1 atom stereocenters. The SMILES string of the molecule is CCCNC(c1cc(C)c(Cl)s1)c1cc(Cl)ccc1C. The van der Waals surface area contributed by atoms with Crippen molar-refractivity contribution in [2.75, 3.05) is 6.54 Å². The molecule has 0 saturated heterocycles. The van der Waals surface area contributed by atoms with Gasteiger partial charge in [0.15, 0.2) is 0 Å². The van der Waals surface area contributed by atoms with Crippen molar-refractivity contribution in [3.05, 3.63) is 55.2 Å². The van der Waals surface area contributed by atoms with Crippen molar-refractivity contribution in [2.45, 2.75) is 33.2 Å². The number of halogens is 2. The summed E-state index contributed by atoms with van der Waals surface area (Å²) in [5.41, 5.74) is 3.60. The van der Waals surface area contributed by atoms with Gasteiger partial charge >= 0.3 is 0 Å². The van der Waals surface area contributed by atoms with E-state index in [2.05, 4.69) is 31.3 Å². The van der Waals surface area contributed by atoms with Gasteiger partial charge in [-0.25, -0.2) is 0 Å². The highest BCUT2D eigenvalue weighted by molar-refractivity contribution is 7.16. The van der Waals surface area contributed by atoms with Gasteiger partial charge in [-0.05, 0) is 61.7 Å². The molecule has 0 radical (unpaired) electrons. The molecule has 0 saturated carbocycles. The molecular formula is C16H19Cl2NS. The normalized spacial score (nSPS) is 12.7. The van der Waals surface area contributed by atoms with Gasteiger partial charge in [0.25, 0.3) is 0 Å². The van der Waals surface area contributed by atoms with Crippen molar-refractivity contribution < 1.29 is 0 Å². The van der Waals surface area contributed by atoms with E-state index in [9.17, 15) is 0 Å². The van der Waals surface area contributed by atoms with Crippen molar-refractivity contribution in [3.63, 3.8) is 0 Å². The number of rotatable bonds is 5. The highest BCUT2D eigenvalue weighted by Gasteiger charge is 2.19. The van der Waals surface area contributed by atoms with E-state index >= 15 is 0 Å². The number of aryl methyl sites for hydroxylation is 2. The quantitative estimate of drug-likeness (QED) is 0.736. The van der Waals surface area contributed by atoms with Crippen LogP contribution in [-0.4, -0.2) is 6.54 Å². The van der Waals surface area contributed by atoms with Crippen molar-refractivity contribution in [1.82, 2.24) is 5.32 Å². The van der Waals surface area contributed by atoms with Crippen LogP contribution in [0.2, 0.25) is 9.36 Å². The second-order valence-corrected chi connectivity index (χ2v) is 7.12. The zero-order valence-electron chi connectivity index (χ0n) is 12.0. The maximum atomic E-state index is 6.23. The Morgan fingerprint density at radius 2 is 1.90 bits per heavy atom.